The molecule has 0 radical (unpaired) electrons. The first-order valence-electron chi connectivity index (χ1n) is 23.6. The van der Waals surface area contributed by atoms with Crippen molar-refractivity contribution < 1.29 is 28.6 Å². The highest BCUT2D eigenvalue weighted by molar-refractivity contribution is 5.71. The molecule has 0 bridgehead atoms. The van der Waals surface area contributed by atoms with Crippen molar-refractivity contribution in [3.8, 4) is 0 Å². The molecule has 0 amide bonds. The number of hydrogen-bond donors (Lipinski definition) is 0. The Labute approximate surface area is 356 Å². The average molecular weight is 807 g/mol. The fourth-order valence-corrected chi connectivity index (χ4v) is 6.17. The summed E-state index contributed by atoms with van der Waals surface area (Å²) in [6.45, 7) is 6.31. The predicted molar refractivity (Wildman–Crippen MR) is 247 cm³/mol. The van der Waals surface area contributed by atoms with E-state index in [1.807, 2.05) is 12.2 Å². The third-order valence-electron chi connectivity index (χ3n) is 9.66. The fraction of sp³-hybridized carbons (Fsp3) is 0.673. The van der Waals surface area contributed by atoms with Crippen molar-refractivity contribution >= 4 is 17.9 Å². The molecule has 1 atom stereocenters. The minimum atomic E-state index is -0.815. The van der Waals surface area contributed by atoms with E-state index in [2.05, 4.69) is 93.7 Å². The van der Waals surface area contributed by atoms with Gasteiger partial charge in [-0.15, -0.1) is 0 Å². The minimum Gasteiger partial charge on any atom is -0.462 e. The van der Waals surface area contributed by atoms with Crippen molar-refractivity contribution in [1.29, 1.82) is 0 Å². The second kappa shape index (κ2) is 46.3. The van der Waals surface area contributed by atoms with Crippen molar-refractivity contribution in [1.82, 2.24) is 0 Å². The van der Waals surface area contributed by atoms with Gasteiger partial charge in [0.05, 0.1) is 0 Å². The smallest absolute Gasteiger partial charge is 0.306 e. The molecular formula is C52H86O6. The molecule has 0 aromatic carbocycles. The molecule has 0 rings (SSSR count). The second-order valence-electron chi connectivity index (χ2n) is 15.3. The number of hydrogen-bond acceptors (Lipinski definition) is 6. The van der Waals surface area contributed by atoms with E-state index in [9.17, 15) is 14.4 Å². The van der Waals surface area contributed by atoms with Gasteiger partial charge in [0.15, 0.2) is 6.10 Å². The van der Waals surface area contributed by atoms with Gasteiger partial charge in [-0.25, -0.2) is 0 Å². The Balaban J connectivity index is 4.46. The van der Waals surface area contributed by atoms with Crippen LogP contribution in [-0.2, 0) is 28.6 Å². The molecule has 0 saturated heterocycles. The van der Waals surface area contributed by atoms with Crippen molar-refractivity contribution in [2.45, 2.75) is 213 Å². The first-order chi connectivity index (χ1) is 28.5. The topological polar surface area (TPSA) is 78.9 Å². The standard InChI is InChI=1S/C52H86O6/c1-4-7-10-13-16-19-22-24-25-26-27-29-30-33-36-39-42-45-51(54)57-48-49(47-56-50(53)44-41-38-35-32-21-18-15-12-9-6-3)58-52(55)46-43-40-37-34-31-28-23-20-17-14-11-8-5-2/h7-8,10-11,16-17,19-20,24-25,28,31,37,40,49H,4-6,9,12-15,18,21-23,26-27,29-30,32-36,38-39,41-48H2,1-3H3/b10-7-,11-8-,19-16-,20-17-,25-24-,31-28-,40-37-. The highest BCUT2D eigenvalue weighted by Crippen LogP contribution is 2.13. The lowest BCUT2D eigenvalue weighted by molar-refractivity contribution is -0.166. The third kappa shape index (κ3) is 43.7. The predicted octanol–water partition coefficient (Wildman–Crippen LogP) is 15.3. The van der Waals surface area contributed by atoms with E-state index >= 15 is 0 Å². The number of unbranched alkanes of at least 4 members (excludes halogenated alkanes) is 16. The number of ether oxygens (including phenoxy) is 3. The molecule has 6 heteroatoms. The highest BCUT2D eigenvalue weighted by Gasteiger charge is 2.19. The van der Waals surface area contributed by atoms with E-state index in [-0.39, 0.29) is 31.6 Å². The zero-order chi connectivity index (χ0) is 42.3. The number of allylic oxidation sites excluding steroid dienone is 14. The van der Waals surface area contributed by atoms with Gasteiger partial charge in [-0.3, -0.25) is 14.4 Å². The second-order valence-corrected chi connectivity index (χ2v) is 15.3. The average Bonchev–Trinajstić information content (AvgIpc) is 3.22. The maximum Gasteiger partial charge on any atom is 0.306 e. The molecule has 0 aromatic rings. The van der Waals surface area contributed by atoms with E-state index in [0.717, 1.165) is 89.9 Å². The lowest BCUT2D eigenvalue weighted by Gasteiger charge is -2.18. The lowest BCUT2D eigenvalue weighted by Crippen LogP contribution is -2.30. The van der Waals surface area contributed by atoms with E-state index in [4.69, 9.17) is 14.2 Å². The van der Waals surface area contributed by atoms with Gasteiger partial charge in [0.25, 0.3) is 0 Å². The quantitative estimate of drug-likeness (QED) is 0.0265. The number of esters is 3. The summed E-state index contributed by atoms with van der Waals surface area (Å²) in [4.78, 5) is 37.7. The molecule has 330 valence electrons. The van der Waals surface area contributed by atoms with Crippen LogP contribution >= 0.6 is 0 Å². The van der Waals surface area contributed by atoms with Gasteiger partial charge in [-0.05, 0) is 77.0 Å². The van der Waals surface area contributed by atoms with Crippen LogP contribution in [0.25, 0.3) is 0 Å². The zero-order valence-electron chi connectivity index (χ0n) is 37.5. The molecule has 0 aliphatic carbocycles. The molecule has 0 aliphatic heterocycles. The molecule has 1 unspecified atom stereocenters. The van der Waals surface area contributed by atoms with Crippen LogP contribution in [0.15, 0.2) is 85.1 Å². The summed E-state index contributed by atoms with van der Waals surface area (Å²) >= 11 is 0. The van der Waals surface area contributed by atoms with Gasteiger partial charge in [-0.1, -0.05) is 196 Å². The SMILES string of the molecule is CC/C=C\C/C=C\C/C=C\C/C=C\CCC(=O)OC(COC(=O)CCCCCCCCC/C=C\C/C=C\C/C=C\CC)COC(=O)CCCCCCCCCCCC. The first-order valence-corrected chi connectivity index (χ1v) is 23.6. The Morgan fingerprint density at radius 2 is 0.707 bits per heavy atom. The van der Waals surface area contributed by atoms with Crippen LogP contribution in [0.3, 0.4) is 0 Å². The maximum atomic E-state index is 12.7. The molecule has 0 aliphatic rings. The Morgan fingerprint density at radius 1 is 0.362 bits per heavy atom. The van der Waals surface area contributed by atoms with Gasteiger partial charge < -0.3 is 14.2 Å². The van der Waals surface area contributed by atoms with Crippen LogP contribution in [0.2, 0.25) is 0 Å². The Kier molecular flexibility index (Phi) is 43.6. The van der Waals surface area contributed by atoms with Crippen LogP contribution in [0.1, 0.15) is 207 Å². The van der Waals surface area contributed by atoms with Crippen molar-refractivity contribution in [2.24, 2.45) is 0 Å². The molecule has 0 spiro atoms. The summed E-state index contributed by atoms with van der Waals surface area (Å²) < 4.78 is 16.6. The Morgan fingerprint density at radius 3 is 1.12 bits per heavy atom. The lowest BCUT2D eigenvalue weighted by atomic mass is 10.1. The van der Waals surface area contributed by atoms with Crippen LogP contribution < -0.4 is 0 Å². The summed E-state index contributed by atoms with van der Waals surface area (Å²) in [5.41, 5.74) is 0. The van der Waals surface area contributed by atoms with E-state index in [1.54, 1.807) is 0 Å². The van der Waals surface area contributed by atoms with Crippen LogP contribution in [0.4, 0.5) is 0 Å². The minimum absolute atomic E-state index is 0.108. The molecule has 58 heavy (non-hydrogen) atoms. The van der Waals surface area contributed by atoms with Gasteiger partial charge in [0.2, 0.25) is 0 Å². The first kappa shape index (κ1) is 54.6. The fourth-order valence-electron chi connectivity index (χ4n) is 6.17. The highest BCUT2D eigenvalue weighted by atomic mass is 16.6. The molecule has 0 aromatic heterocycles. The van der Waals surface area contributed by atoms with Gasteiger partial charge >= 0.3 is 17.9 Å². The number of carbonyl (C=O) groups excluding carboxylic acids is 3. The van der Waals surface area contributed by atoms with E-state index < -0.39 is 12.1 Å². The maximum absolute atomic E-state index is 12.7. The summed E-state index contributed by atoms with van der Waals surface area (Å²) in [7, 11) is 0. The Hall–Kier alpha value is -3.41. The van der Waals surface area contributed by atoms with Crippen molar-refractivity contribution in [3.05, 3.63) is 85.1 Å². The summed E-state index contributed by atoms with van der Waals surface area (Å²) in [6, 6.07) is 0. The van der Waals surface area contributed by atoms with Crippen molar-refractivity contribution in [3.63, 3.8) is 0 Å². The van der Waals surface area contributed by atoms with E-state index in [0.29, 0.717) is 19.3 Å². The molecule has 0 fully saturated rings. The molecule has 0 N–H and O–H groups in total. The summed E-state index contributed by atoms with van der Waals surface area (Å²) in [5, 5.41) is 0. The number of carbonyl (C=O) groups is 3. The third-order valence-corrected chi connectivity index (χ3v) is 9.66. The largest absolute Gasteiger partial charge is 0.462 e. The van der Waals surface area contributed by atoms with Gasteiger partial charge in [0, 0.05) is 19.3 Å². The molecule has 0 heterocycles. The Bertz CT molecular complexity index is 1160. The van der Waals surface area contributed by atoms with Crippen LogP contribution in [0, 0.1) is 0 Å². The molecule has 0 saturated carbocycles. The monoisotopic (exact) mass is 807 g/mol. The van der Waals surface area contributed by atoms with Crippen LogP contribution in [0.5, 0.6) is 0 Å². The van der Waals surface area contributed by atoms with Gasteiger partial charge in [0.1, 0.15) is 13.2 Å². The van der Waals surface area contributed by atoms with Gasteiger partial charge in [-0.2, -0.15) is 0 Å². The van der Waals surface area contributed by atoms with E-state index in [1.165, 1.54) is 70.6 Å². The molecular weight excluding hydrogens is 721 g/mol. The molecule has 6 nitrogen and oxygen atoms in total. The number of rotatable bonds is 41. The normalized spacial score (nSPS) is 12.8. The zero-order valence-corrected chi connectivity index (χ0v) is 37.5. The van der Waals surface area contributed by atoms with Crippen molar-refractivity contribution in [2.75, 3.05) is 13.2 Å². The van der Waals surface area contributed by atoms with Crippen LogP contribution in [-0.4, -0.2) is 37.2 Å². The summed E-state index contributed by atoms with van der Waals surface area (Å²) in [5.74, 6) is -1.01. The summed E-state index contributed by atoms with van der Waals surface area (Å²) in [6.07, 6.45) is 58.7.